The Morgan fingerprint density at radius 2 is 2.12 bits per heavy atom. The summed E-state index contributed by atoms with van der Waals surface area (Å²) in [5, 5.41) is 4.45. The van der Waals surface area contributed by atoms with Crippen LogP contribution in [0.2, 0.25) is 0 Å². The van der Waals surface area contributed by atoms with Crippen molar-refractivity contribution in [1.29, 1.82) is 0 Å². The Labute approximate surface area is 171 Å². The minimum Gasteiger partial charge on any atom is -0.370 e. The number of halogens is 1. The fraction of sp³-hybridized carbons (Fsp3) is 0.474. The number of hydrogen-bond donors (Lipinski definition) is 2. The number of guanidine groups is 1. The van der Waals surface area contributed by atoms with Gasteiger partial charge in [0.25, 0.3) is 0 Å². The Morgan fingerprint density at radius 3 is 2.88 bits per heavy atom. The van der Waals surface area contributed by atoms with Gasteiger partial charge < -0.3 is 11.1 Å². The summed E-state index contributed by atoms with van der Waals surface area (Å²) in [6, 6.07) is 6.43. The number of fused-ring (bicyclic) bond motifs is 1. The third-order valence-corrected chi connectivity index (χ3v) is 5.61. The van der Waals surface area contributed by atoms with E-state index >= 15 is 0 Å². The zero-order chi connectivity index (χ0) is 16.9. The first-order valence-electron chi connectivity index (χ1n) is 8.80. The molecule has 0 aliphatic heterocycles. The first-order chi connectivity index (χ1) is 11.7. The fourth-order valence-corrected chi connectivity index (χ4v) is 4.28. The van der Waals surface area contributed by atoms with Gasteiger partial charge in [-0.05, 0) is 56.2 Å². The molecule has 0 unspecified atom stereocenters. The lowest BCUT2D eigenvalue weighted by molar-refractivity contribution is 0.687. The average Bonchev–Trinajstić information content (AvgIpc) is 2.95. The van der Waals surface area contributed by atoms with Crippen molar-refractivity contribution in [3.63, 3.8) is 0 Å². The highest BCUT2D eigenvalue weighted by atomic mass is 127. The highest BCUT2D eigenvalue weighted by molar-refractivity contribution is 14.0. The average molecular weight is 470 g/mol. The maximum Gasteiger partial charge on any atom is 0.193 e. The van der Waals surface area contributed by atoms with E-state index in [0.717, 1.165) is 30.0 Å². The molecule has 4 nitrogen and oxygen atoms in total. The third kappa shape index (κ3) is 5.17. The van der Waals surface area contributed by atoms with E-state index in [2.05, 4.69) is 47.3 Å². The van der Waals surface area contributed by atoms with E-state index in [4.69, 9.17) is 5.73 Å². The number of nitrogens with one attached hydrogen (secondary N) is 1. The largest absolute Gasteiger partial charge is 0.370 e. The molecule has 25 heavy (non-hydrogen) atoms. The van der Waals surface area contributed by atoms with Crippen LogP contribution in [-0.2, 0) is 25.7 Å². The molecular formula is C19H27IN4S. The van der Waals surface area contributed by atoms with Crippen LogP contribution in [0, 0.1) is 6.92 Å². The van der Waals surface area contributed by atoms with Crippen LogP contribution in [0.4, 0.5) is 5.69 Å². The van der Waals surface area contributed by atoms with Crippen LogP contribution in [0.15, 0.2) is 23.2 Å². The summed E-state index contributed by atoms with van der Waals surface area (Å²) >= 11 is 1.77. The van der Waals surface area contributed by atoms with Gasteiger partial charge in [-0.1, -0.05) is 19.1 Å². The van der Waals surface area contributed by atoms with Gasteiger partial charge in [0.1, 0.15) is 0 Å². The van der Waals surface area contributed by atoms with Crippen molar-refractivity contribution in [2.24, 2.45) is 10.7 Å². The molecule has 0 atom stereocenters. The van der Waals surface area contributed by atoms with E-state index < -0.39 is 0 Å². The van der Waals surface area contributed by atoms with E-state index in [1.54, 1.807) is 11.3 Å². The lowest BCUT2D eigenvalue weighted by atomic mass is 9.90. The van der Waals surface area contributed by atoms with E-state index in [1.165, 1.54) is 41.0 Å². The fourth-order valence-electron chi connectivity index (χ4n) is 3.27. The van der Waals surface area contributed by atoms with Crippen molar-refractivity contribution in [3.05, 3.63) is 44.9 Å². The molecule has 136 valence electrons. The second-order valence-corrected chi connectivity index (χ2v) is 7.54. The summed E-state index contributed by atoms with van der Waals surface area (Å²) in [5.74, 6) is 0.498. The van der Waals surface area contributed by atoms with Crippen LogP contribution in [-0.4, -0.2) is 17.5 Å². The van der Waals surface area contributed by atoms with E-state index in [1.807, 2.05) is 0 Å². The molecule has 3 N–H and O–H groups in total. The van der Waals surface area contributed by atoms with E-state index in [9.17, 15) is 0 Å². The van der Waals surface area contributed by atoms with Gasteiger partial charge in [-0.15, -0.1) is 35.3 Å². The number of aryl methyl sites for hydroxylation is 3. The van der Waals surface area contributed by atoms with Gasteiger partial charge in [-0.25, -0.2) is 4.98 Å². The Hall–Kier alpha value is -1.15. The van der Waals surface area contributed by atoms with Gasteiger partial charge in [0.2, 0.25) is 0 Å². The summed E-state index contributed by atoms with van der Waals surface area (Å²) in [5.41, 5.74) is 11.3. The monoisotopic (exact) mass is 470 g/mol. The molecule has 1 heterocycles. The Bertz CT molecular complexity index is 739. The molecule has 1 aromatic carbocycles. The van der Waals surface area contributed by atoms with Crippen LogP contribution in [0.25, 0.3) is 0 Å². The number of anilines is 1. The molecule has 2 aromatic rings. The quantitative estimate of drug-likeness (QED) is 0.385. The van der Waals surface area contributed by atoms with Gasteiger partial charge in [-0.3, -0.25) is 4.99 Å². The molecular weight excluding hydrogens is 443 g/mol. The topological polar surface area (TPSA) is 63.3 Å². The zero-order valence-corrected chi connectivity index (χ0v) is 18.1. The van der Waals surface area contributed by atoms with Crippen molar-refractivity contribution < 1.29 is 0 Å². The Balaban J connectivity index is 0.00000225. The normalized spacial score (nSPS) is 13.9. The van der Waals surface area contributed by atoms with Crippen LogP contribution >= 0.6 is 35.3 Å². The van der Waals surface area contributed by atoms with Crippen molar-refractivity contribution in [1.82, 2.24) is 4.98 Å². The molecule has 3 rings (SSSR count). The van der Waals surface area contributed by atoms with Gasteiger partial charge in [0, 0.05) is 23.5 Å². The molecule has 1 aliphatic rings. The molecule has 0 amide bonds. The van der Waals surface area contributed by atoms with Crippen LogP contribution in [0.1, 0.15) is 46.5 Å². The van der Waals surface area contributed by atoms with Crippen LogP contribution in [0.5, 0.6) is 0 Å². The smallest absolute Gasteiger partial charge is 0.193 e. The highest BCUT2D eigenvalue weighted by Crippen LogP contribution is 2.27. The highest BCUT2D eigenvalue weighted by Gasteiger charge is 2.13. The molecule has 0 saturated heterocycles. The van der Waals surface area contributed by atoms with Gasteiger partial charge in [0.05, 0.1) is 10.7 Å². The number of aliphatic imine (C=N–C) groups is 1. The van der Waals surface area contributed by atoms with Gasteiger partial charge in [-0.2, -0.15) is 0 Å². The molecule has 0 radical (unpaired) electrons. The third-order valence-electron chi connectivity index (χ3n) is 4.54. The van der Waals surface area contributed by atoms with Crippen LogP contribution < -0.4 is 11.1 Å². The van der Waals surface area contributed by atoms with Crippen molar-refractivity contribution in [3.8, 4) is 0 Å². The van der Waals surface area contributed by atoms with Gasteiger partial charge >= 0.3 is 0 Å². The lowest BCUT2D eigenvalue weighted by Crippen LogP contribution is -2.24. The maximum absolute atomic E-state index is 6.09. The van der Waals surface area contributed by atoms with Crippen LogP contribution in [0.3, 0.4) is 0 Å². The molecule has 1 aliphatic carbocycles. The predicted octanol–water partition coefficient (Wildman–Crippen LogP) is 4.48. The van der Waals surface area contributed by atoms with E-state index in [0.29, 0.717) is 12.5 Å². The van der Waals surface area contributed by atoms with Gasteiger partial charge in [0.15, 0.2) is 5.96 Å². The second-order valence-electron chi connectivity index (χ2n) is 6.26. The minimum atomic E-state index is 0. The number of benzene rings is 1. The summed E-state index contributed by atoms with van der Waals surface area (Å²) in [7, 11) is 0. The molecule has 0 fully saturated rings. The Kier molecular flexibility index (Phi) is 7.68. The SMILES string of the molecule is CCc1nc(CCN=C(N)Nc2cccc3c2CCCC3)sc1C.I. The number of rotatable bonds is 5. The Morgan fingerprint density at radius 1 is 1.32 bits per heavy atom. The first kappa shape index (κ1) is 20.2. The number of nitrogens with zero attached hydrogens (tertiary/aromatic N) is 2. The zero-order valence-electron chi connectivity index (χ0n) is 15.0. The molecule has 0 saturated carbocycles. The molecule has 1 aromatic heterocycles. The second kappa shape index (κ2) is 9.52. The minimum absolute atomic E-state index is 0. The maximum atomic E-state index is 6.09. The number of thiazole rings is 1. The molecule has 0 spiro atoms. The summed E-state index contributed by atoms with van der Waals surface area (Å²) in [4.78, 5) is 10.5. The van der Waals surface area contributed by atoms with E-state index in [-0.39, 0.29) is 24.0 Å². The summed E-state index contributed by atoms with van der Waals surface area (Å²) < 4.78 is 0. The lowest BCUT2D eigenvalue weighted by Gasteiger charge is -2.19. The molecule has 6 heteroatoms. The number of nitrogens with two attached hydrogens (primary N) is 1. The van der Waals surface area contributed by atoms with Crippen molar-refractivity contribution in [2.45, 2.75) is 52.4 Å². The van der Waals surface area contributed by atoms with Crippen molar-refractivity contribution >= 4 is 47.0 Å². The van der Waals surface area contributed by atoms with Crippen molar-refractivity contribution in [2.75, 3.05) is 11.9 Å². The summed E-state index contributed by atoms with van der Waals surface area (Å²) in [6.45, 7) is 4.95. The number of hydrogen-bond acceptors (Lipinski definition) is 3. The first-order valence-corrected chi connectivity index (χ1v) is 9.62. The predicted molar refractivity (Wildman–Crippen MR) is 119 cm³/mol. The number of aromatic nitrogens is 1. The standard InChI is InChI=1S/C19H26N4S.HI/c1-3-16-13(2)24-18(22-16)11-12-21-19(20)23-17-10-6-8-14-7-4-5-9-15(14)17;/h6,8,10H,3-5,7,9,11-12H2,1-2H3,(H3,20,21,23);1H. The molecule has 0 bridgehead atoms. The summed E-state index contributed by atoms with van der Waals surface area (Å²) in [6.07, 6.45) is 6.68.